The van der Waals surface area contributed by atoms with E-state index in [0.717, 1.165) is 0 Å². The number of aryl methyl sites for hydroxylation is 1. The average molecular weight is 313 g/mol. The van der Waals surface area contributed by atoms with Crippen molar-refractivity contribution in [2.45, 2.75) is 25.7 Å². The number of hydrogen-bond donors (Lipinski definition) is 2. The highest BCUT2D eigenvalue weighted by atomic mass is 32.2. The Kier molecular flexibility index (Phi) is 4.03. The normalized spacial score (nSPS) is 11.4. The van der Waals surface area contributed by atoms with Crippen molar-refractivity contribution < 1.29 is 22.5 Å². The van der Waals surface area contributed by atoms with Crippen LogP contribution >= 0.6 is 0 Å². The Labute approximate surface area is 121 Å². The molecule has 0 aliphatic rings. The lowest BCUT2D eigenvalue weighted by Crippen LogP contribution is -2.15. The van der Waals surface area contributed by atoms with Gasteiger partial charge >= 0.3 is 5.97 Å². The predicted molar refractivity (Wildman–Crippen MR) is 73.5 cm³/mol. The Hall–Kier alpha value is -2.29. The Morgan fingerprint density at radius 3 is 2.76 bits per heavy atom. The molecular weight excluding hydrogens is 298 g/mol. The van der Waals surface area contributed by atoms with Crippen LogP contribution in [0.25, 0.3) is 0 Å². The SMILES string of the molecule is CCOC(=O)c1[nH]c(C)c(S(=O)(=O)Nc2ccon2)c1C. The minimum absolute atomic E-state index is 0.00597. The van der Waals surface area contributed by atoms with Crippen molar-refractivity contribution in [2.75, 3.05) is 11.3 Å². The van der Waals surface area contributed by atoms with Gasteiger partial charge in [0.1, 0.15) is 16.9 Å². The first-order chi connectivity index (χ1) is 9.86. The lowest BCUT2D eigenvalue weighted by molar-refractivity contribution is 0.0519. The first kappa shape index (κ1) is 15.1. The number of nitrogens with zero attached hydrogens (tertiary/aromatic N) is 1. The van der Waals surface area contributed by atoms with Crippen molar-refractivity contribution in [3.8, 4) is 0 Å². The highest BCUT2D eigenvalue weighted by molar-refractivity contribution is 7.92. The van der Waals surface area contributed by atoms with Crippen molar-refractivity contribution in [1.82, 2.24) is 10.1 Å². The second kappa shape index (κ2) is 5.60. The molecule has 0 atom stereocenters. The van der Waals surface area contributed by atoms with E-state index >= 15 is 0 Å². The highest BCUT2D eigenvalue weighted by Gasteiger charge is 2.27. The van der Waals surface area contributed by atoms with E-state index in [4.69, 9.17) is 4.74 Å². The quantitative estimate of drug-likeness (QED) is 0.810. The van der Waals surface area contributed by atoms with E-state index in [1.807, 2.05) is 0 Å². The average Bonchev–Trinajstić information content (AvgIpc) is 2.97. The molecule has 9 heteroatoms. The fourth-order valence-electron chi connectivity index (χ4n) is 2.00. The molecule has 2 heterocycles. The van der Waals surface area contributed by atoms with Crippen LogP contribution in [0.15, 0.2) is 21.7 Å². The topological polar surface area (TPSA) is 114 Å². The molecule has 114 valence electrons. The minimum Gasteiger partial charge on any atom is -0.461 e. The summed E-state index contributed by atoms with van der Waals surface area (Å²) in [6.07, 6.45) is 1.25. The minimum atomic E-state index is -3.88. The third kappa shape index (κ3) is 2.92. The summed E-state index contributed by atoms with van der Waals surface area (Å²) >= 11 is 0. The summed E-state index contributed by atoms with van der Waals surface area (Å²) in [5, 5.41) is 3.49. The number of H-pyrrole nitrogens is 1. The number of esters is 1. The molecule has 2 N–H and O–H groups in total. The number of sulfonamides is 1. The largest absolute Gasteiger partial charge is 0.461 e. The fourth-order valence-corrected chi connectivity index (χ4v) is 3.44. The highest BCUT2D eigenvalue weighted by Crippen LogP contribution is 2.25. The van der Waals surface area contributed by atoms with Gasteiger partial charge in [-0.25, -0.2) is 13.2 Å². The van der Waals surface area contributed by atoms with Gasteiger partial charge in [-0.3, -0.25) is 4.72 Å². The summed E-state index contributed by atoms with van der Waals surface area (Å²) in [4.78, 5) is 14.5. The summed E-state index contributed by atoms with van der Waals surface area (Å²) in [5.41, 5.74) is 0.753. The Morgan fingerprint density at radius 2 is 2.19 bits per heavy atom. The van der Waals surface area contributed by atoms with E-state index < -0.39 is 16.0 Å². The number of anilines is 1. The number of ether oxygens (including phenoxy) is 1. The van der Waals surface area contributed by atoms with Crippen LogP contribution in [0, 0.1) is 13.8 Å². The number of hydrogen-bond acceptors (Lipinski definition) is 6. The van der Waals surface area contributed by atoms with E-state index in [-0.39, 0.29) is 23.0 Å². The van der Waals surface area contributed by atoms with E-state index in [2.05, 4.69) is 19.4 Å². The van der Waals surface area contributed by atoms with Gasteiger partial charge in [0, 0.05) is 17.3 Å². The van der Waals surface area contributed by atoms with Gasteiger partial charge in [0.25, 0.3) is 10.0 Å². The van der Waals surface area contributed by atoms with Crippen LogP contribution in [0.4, 0.5) is 5.82 Å². The smallest absolute Gasteiger partial charge is 0.355 e. The van der Waals surface area contributed by atoms with Crippen LogP contribution in [-0.2, 0) is 14.8 Å². The van der Waals surface area contributed by atoms with Crippen molar-refractivity contribution >= 4 is 21.8 Å². The number of aromatic amines is 1. The first-order valence-corrected chi connectivity index (χ1v) is 7.64. The molecule has 2 rings (SSSR count). The Morgan fingerprint density at radius 1 is 1.48 bits per heavy atom. The number of carbonyl (C=O) groups is 1. The van der Waals surface area contributed by atoms with Crippen LogP contribution < -0.4 is 4.72 Å². The van der Waals surface area contributed by atoms with Crippen LogP contribution in [0.3, 0.4) is 0 Å². The molecule has 0 radical (unpaired) electrons. The molecule has 0 unspecified atom stereocenters. The van der Waals surface area contributed by atoms with Crippen LogP contribution in [0.1, 0.15) is 28.7 Å². The second-order valence-electron chi connectivity index (χ2n) is 4.29. The van der Waals surface area contributed by atoms with Crippen molar-refractivity contribution in [1.29, 1.82) is 0 Å². The van der Waals surface area contributed by atoms with Crippen LogP contribution in [0.5, 0.6) is 0 Å². The monoisotopic (exact) mass is 313 g/mol. The van der Waals surface area contributed by atoms with E-state index in [1.165, 1.54) is 19.3 Å². The molecular formula is C12H15N3O5S. The van der Waals surface area contributed by atoms with Crippen LogP contribution in [-0.4, -0.2) is 31.1 Å². The van der Waals surface area contributed by atoms with Gasteiger partial charge in [-0.15, -0.1) is 0 Å². The standard InChI is InChI=1S/C12H15N3O5S/c1-4-19-12(16)10-7(2)11(8(3)13-10)21(17,18)15-9-5-6-20-14-9/h5-6,13H,4H2,1-3H3,(H,14,15). The Bertz CT molecular complexity index is 746. The number of nitrogens with one attached hydrogen (secondary N) is 2. The van der Waals surface area contributed by atoms with Gasteiger partial charge in [-0.2, -0.15) is 0 Å². The van der Waals surface area contributed by atoms with Crippen molar-refractivity contribution in [3.63, 3.8) is 0 Å². The maximum absolute atomic E-state index is 12.4. The molecule has 2 aromatic rings. The number of rotatable bonds is 5. The summed E-state index contributed by atoms with van der Waals surface area (Å²) in [6.45, 7) is 4.97. The second-order valence-corrected chi connectivity index (χ2v) is 5.91. The molecule has 0 aliphatic heterocycles. The molecule has 8 nitrogen and oxygen atoms in total. The predicted octanol–water partition coefficient (Wildman–Crippen LogP) is 1.60. The zero-order valence-electron chi connectivity index (χ0n) is 11.8. The molecule has 0 saturated carbocycles. The van der Waals surface area contributed by atoms with Gasteiger partial charge in [0.15, 0.2) is 5.82 Å². The zero-order chi connectivity index (χ0) is 15.6. The summed E-state index contributed by atoms with van der Waals surface area (Å²) in [5.74, 6) is -0.534. The van der Waals surface area contributed by atoms with Gasteiger partial charge < -0.3 is 14.2 Å². The lowest BCUT2D eigenvalue weighted by Gasteiger charge is -2.06. The molecule has 0 aliphatic carbocycles. The molecule has 0 fully saturated rings. The maximum atomic E-state index is 12.4. The third-order valence-corrected chi connectivity index (χ3v) is 4.42. The van der Waals surface area contributed by atoms with Crippen LogP contribution in [0.2, 0.25) is 0 Å². The van der Waals surface area contributed by atoms with Gasteiger partial charge in [-0.1, -0.05) is 5.16 Å². The van der Waals surface area contributed by atoms with E-state index in [9.17, 15) is 13.2 Å². The van der Waals surface area contributed by atoms with E-state index in [1.54, 1.807) is 13.8 Å². The van der Waals surface area contributed by atoms with Crippen molar-refractivity contribution in [3.05, 3.63) is 29.3 Å². The molecule has 2 aromatic heterocycles. The molecule has 0 spiro atoms. The third-order valence-electron chi connectivity index (χ3n) is 2.79. The number of carbonyl (C=O) groups excluding carboxylic acids is 1. The maximum Gasteiger partial charge on any atom is 0.355 e. The molecule has 0 bridgehead atoms. The van der Waals surface area contributed by atoms with Gasteiger partial charge in [0.2, 0.25) is 0 Å². The van der Waals surface area contributed by atoms with E-state index in [0.29, 0.717) is 11.3 Å². The van der Waals surface area contributed by atoms with Gasteiger partial charge in [-0.05, 0) is 20.8 Å². The van der Waals surface area contributed by atoms with Gasteiger partial charge in [0.05, 0.1) is 6.61 Å². The summed E-state index contributed by atoms with van der Waals surface area (Å²) < 4.78 is 36.5. The molecule has 0 aromatic carbocycles. The van der Waals surface area contributed by atoms with Crippen molar-refractivity contribution in [2.24, 2.45) is 0 Å². The Balaban J connectivity index is 2.42. The summed E-state index contributed by atoms with van der Waals surface area (Å²) in [6, 6.07) is 1.38. The molecule has 0 saturated heterocycles. The molecule has 21 heavy (non-hydrogen) atoms. The lowest BCUT2D eigenvalue weighted by atomic mass is 10.2. The molecule has 0 amide bonds. The summed E-state index contributed by atoms with van der Waals surface area (Å²) in [7, 11) is -3.88. The zero-order valence-corrected chi connectivity index (χ0v) is 12.6. The number of aromatic nitrogens is 2. The first-order valence-electron chi connectivity index (χ1n) is 6.16. The fraction of sp³-hybridized carbons (Fsp3) is 0.333.